The molecule has 1 aromatic heterocycles. The fourth-order valence-electron chi connectivity index (χ4n) is 1.49. The van der Waals surface area contributed by atoms with Crippen LogP contribution in [-0.4, -0.2) is 17.0 Å². The van der Waals surface area contributed by atoms with Crippen LogP contribution in [0.25, 0.3) is 0 Å². The Morgan fingerprint density at radius 1 is 1.53 bits per heavy atom. The van der Waals surface area contributed by atoms with Crippen LogP contribution in [0.5, 0.6) is 0 Å². The van der Waals surface area contributed by atoms with Gasteiger partial charge >= 0.3 is 0 Å². The van der Waals surface area contributed by atoms with Gasteiger partial charge in [-0.05, 0) is 31.9 Å². The van der Waals surface area contributed by atoms with Crippen molar-refractivity contribution in [3.8, 4) is 0 Å². The lowest BCUT2D eigenvalue weighted by Gasteiger charge is -2.06. The van der Waals surface area contributed by atoms with Crippen LogP contribution in [-0.2, 0) is 11.3 Å². The zero-order valence-corrected chi connectivity index (χ0v) is 9.63. The predicted molar refractivity (Wildman–Crippen MR) is 61.8 cm³/mol. The number of carbonyl (C=O) groups excluding carboxylic acids is 1. The lowest BCUT2D eigenvalue weighted by atomic mass is 10.2. The monoisotopic (exact) mass is 206 g/mol. The Balaban J connectivity index is 2.68. The molecule has 1 amide bonds. The molecule has 0 atom stereocenters. The molecule has 0 spiro atoms. The summed E-state index contributed by atoms with van der Waals surface area (Å²) in [5, 5.41) is 2.76. The molecule has 3 nitrogen and oxygen atoms in total. The number of hydrogen-bond donors (Lipinski definition) is 1. The Kier molecular flexibility index (Phi) is 3.72. The molecule has 0 aromatic carbocycles. The Hall–Kier alpha value is -1.51. The molecule has 1 heterocycles. The lowest BCUT2D eigenvalue weighted by Crippen LogP contribution is -2.27. The molecular formula is C12H18N2O. The summed E-state index contributed by atoms with van der Waals surface area (Å²) in [7, 11) is 0. The minimum absolute atomic E-state index is 0.0213. The van der Waals surface area contributed by atoms with Crippen molar-refractivity contribution < 1.29 is 4.79 Å². The second-order valence-electron chi connectivity index (χ2n) is 3.74. The first-order valence-electron chi connectivity index (χ1n) is 5.06. The first kappa shape index (κ1) is 11.6. The number of aryl methyl sites for hydroxylation is 1. The van der Waals surface area contributed by atoms with Crippen LogP contribution in [0.3, 0.4) is 0 Å². The predicted octanol–water partition coefficient (Wildman–Crippen LogP) is 1.72. The van der Waals surface area contributed by atoms with Crippen molar-refractivity contribution in [3.05, 3.63) is 35.7 Å². The molecule has 82 valence electrons. The maximum atomic E-state index is 11.5. The van der Waals surface area contributed by atoms with E-state index < -0.39 is 0 Å². The van der Waals surface area contributed by atoms with Gasteiger partial charge in [0, 0.05) is 18.4 Å². The van der Waals surface area contributed by atoms with Crippen LogP contribution < -0.4 is 5.32 Å². The van der Waals surface area contributed by atoms with Gasteiger partial charge in [-0.2, -0.15) is 0 Å². The largest absolute Gasteiger partial charge is 0.351 e. The highest BCUT2D eigenvalue weighted by molar-refractivity contribution is 5.76. The fourth-order valence-corrected chi connectivity index (χ4v) is 1.49. The number of aromatic nitrogens is 1. The summed E-state index contributed by atoms with van der Waals surface area (Å²) in [4.78, 5) is 11.5. The third-order valence-corrected chi connectivity index (χ3v) is 2.67. The maximum Gasteiger partial charge on any atom is 0.240 e. The maximum absolute atomic E-state index is 11.5. The van der Waals surface area contributed by atoms with Crippen LogP contribution in [0.4, 0.5) is 0 Å². The van der Waals surface area contributed by atoms with Gasteiger partial charge in [-0.25, -0.2) is 0 Å². The SMILES string of the molecule is C=CCNC(=O)Cn1cc(C)c(C)c1C. The molecule has 0 aliphatic rings. The van der Waals surface area contributed by atoms with E-state index in [0.29, 0.717) is 13.1 Å². The minimum atomic E-state index is 0.0213. The Morgan fingerprint density at radius 2 is 2.20 bits per heavy atom. The zero-order chi connectivity index (χ0) is 11.4. The van der Waals surface area contributed by atoms with E-state index in [0.717, 1.165) is 5.69 Å². The molecule has 0 saturated carbocycles. The van der Waals surface area contributed by atoms with Gasteiger partial charge in [-0.1, -0.05) is 6.08 Å². The highest BCUT2D eigenvalue weighted by Crippen LogP contribution is 2.13. The second kappa shape index (κ2) is 4.82. The average Bonchev–Trinajstić information content (AvgIpc) is 2.43. The molecular weight excluding hydrogens is 188 g/mol. The van der Waals surface area contributed by atoms with E-state index in [9.17, 15) is 4.79 Å². The van der Waals surface area contributed by atoms with E-state index in [4.69, 9.17) is 0 Å². The van der Waals surface area contributed by atoms with E-state index in [2.05, 4.69) is 25.7 Å². The van der Waals surface area contributed by atoms with Gasteiger partial charge < -0.3 is 9.88 Å². The van der Waals surface area contributed by atoms with Gasteiger partial charge in [-0.3, -0.25) is 4.79 Å². The van der Waals surface area contributed by atoms with Gasteiger partial charge in [0.15, 0.2) is 0 Å². The van der Waals surface area contributed by atoms with E-state index in [-0.39, 0.29) is 5.91 Å². The highest BCUT2D eigenvalue weighted by Gasteiger charge is 2.07. The minimum Gasteiger partial charge on any atom is -0.351 e. The average molecular weight is 206 g/mol. The van der Waals surface area contributed by atoms with Gasteiger partial charge in [0.2, 0.25) is 5.91 Å². The van der Waals surface area contributed by atoms with Crippen molar-refractivity contribution in [2.24, 2.45) is 0 Å². The number of carbonyl (C=O) groups is 1. The first-order valence-corrected chi connectivity index (χ1v) is 5.06. The number of nitrogens with one attached hydrogen (secondary N) is 1. The third-order valence-electron chi connectivity index (χ3n) is 2.67. The van der Waals surface area contributed by atoms with Crippen LogP contribution in [0.1, 0.15) is 16.8 Å². The summed E-state index contributed by atoms with van der Waals surface area (Å²) in [5.41, 5.74) is 3.64. The van der Waals surface area contributed by atoms with Gasteiger partial charge in [0.25, 0.3) is 0 Å². The smallest absolute Gasteiger partial charge is 0.240 e. The zero-order valence-electron chi connectivity index (χ0n) is 9.63. The molecule has 1 aromatic rings. The van der Waals surface area contributed by atoms with Crippen molar-refractivity contribution in [3.63, 3.8) is 0 Å². The van der Waals surface area contributed by atoms with Gasteiger partial charge in [0.05, 0.1) is 0 Å². The Morgan fingerprint density at radius 3 is 2.67 bits per heavy atom. The quantitative estimate of drug-likeness (QED) is 0.748. The molecule has 0 saturated heterocycles. The van der Waals surface area contributed by atoms with Gasteiger partial charge in [0.1, 0.15) is 6.54 Å². The molecule has 3 heteroatoms. The molecule has 0 fully saturated rings. The van der Waals surface area contributed by atoms with E-state index in [1.807, 2.05) is 17.7 Å². The summed E-state index contributed by atoms with van der Waals surface area (Å²) in [6.45, 7) is 10.6. The standard InChI is InChI=1S/C12H18N2O/c1-5-6-13-12(15)8-14-7-9(2)10(3)11(14)4/h5,7H,1,6,8H2,2-4H3,(H,13,15). The summed E-state index contributed by atoms with van der Waals surface area (Å²) >= 11 is 0. The molecule has 0 bridgehead atoms. The molecule has 0 radical (unpaired) electrons. The number of amides is 1. The summed E-state index contributed by atoms with van der Waals surface area (Å²) in [6, 6.07) is 0. The number of nitrogens with zero attached hydrogens (tertiary/aromatic N) is 1. The van der Waals surface area contributed by atoms with E-state index in [1.54, 1.807) is 6.08 Å². The molecule has 0 unspecified atom stereocenters. The molecule has 0 aliphatic carbocycles. The normalized spacial score (nSPS) is 10.1. The fraction of sp³-hybridized carbons (Fsp3) is 0.417. The highest BCUT2D eigenvalue weighted by atomic mass is 16.1. The summed E-state index contributed by atoms with van der Waals surface area (Å²) in [6.07, 6.45) is 3.69. The first-order chi connectivity index (χ1) is 7.06. The van der Waals surface area contributed by atoms with Crippen molar-refractivity contribution in [2.75, 3.05) is 6.54 Å². The molecule has 1 rings (SSSR count). The molecule has 1 N–H and O–H groups in total. The van der Waals surface area contributed by atoms with Crippen molar-refractivity contribution >= 4 is 5.91 Å². The Labute approximate surface area is 90.8 Å². The van der Waals surface area contributed by atoms with Crippen LogP contribution in [0.15, 0.2) is 18.9 Å². The molecule has 0 aliphatic heterocycles. The lowest BCUT2D eigenvalue weighted by molar-refractivity contribution is -0.121. The van der Waals surface area contributed by atoms with Gasteiger partial charge in [-0.15, -0.1) is 6.58 Å². The van der Waals surface area contributed by atoms with E-state index in [1.165, 1.54) is 11.1 Å². The number of rotatable bonds is 4. The second-order valence-corrected chi connectivity index (χ2v) is 3.74. The van der Waals surface area contributed by atoms with E-state index >= 15 is 0 Å². The topological polar surface area (TPSA) is 34.0 Å². The number of hydrogen-bond acceptors (Lipinski definition) is 1. The third kappa shape index (κ3) is 2.72. The summed E-state index contributed by atoms with van der Waals surface area (Å²) < 4.78 is 1.98. The van der Waals surface area contributed by atoms with Crippen LogP contribution >= 0.6 is 0 Å². The van der Waals surface area contributed by atoms with Crippen molar-refractivity contribution in [1.29, 1.82) is 0 Å². The van der Waals surface area contributed by atoms with Crippen molar-refractivity contribution in [1.82, 2.24) is 9.88 Å². The van der Waals surface area contributed by atoms with Crippen LogP contribution in [0.2, 0.25) is 0 Å². The summed E-state index contributed by atoms with van der Waals surface area (Å²) in [5.74, 6) is 0.0213. The van der Waals surface area contributed by atoms with Crippen LogP contribution in [0, 0.1) is 20.8 Å². The Bertz CT molecular complexity index is 377. The molecule has 15 heavy (non-hydrogen) atoms. The van der Waals surface area contributed by atoms with Crippen molar-refractivity contribution in [2.45, 2.75) is 27.3 Å².